The van der Waals surface area contributed by atoms with Crippen LogP contribution in [0.25, 0.3) is 59.4 Å². The molecule has 0 heterocycles. The van der Waals surface area contributed by atoms with Crippen LogP contribution in [0.3, 0.4) is 0 Å². The molecule has 0 amide bonds. The Morgan fingerprint density at radius 1 is 0.279 bits per heavy atom. The van der Waals surface area contributed by atoms with Crippen LogP contribution in [0.4, 0.5) is 73.9 Å². The molecule has 0 aliphatic heterocycles. The van der Waals surface area contributed by atoms with E-state index in [2.05, 4.69) is 384 Å². The lowest BCUT2D eigenvalue weighted by atomic mass is 9.82. The van der Waals surface area contributed by atoms with E-state index in [9.17, 15) is 5.26 Å². The molecule has 104 heavy (non-hydrogen) atoms. The van der Waals surface area contributed by atoms with Crippen LogP contribution in [0.5, 0.6) is 0 Å². The van der Waals surface area contributed by atoms with E-state index in [0.717, 1.165) is 145 Å². The number of benzene rings is 14. The highest BCUT2D eigenvalue weighted by Crippen LogP contribution is 2.59. The Morgan fingerprint density at radius 2 is 0.510 bits per heavy atom. The summed E-state index contributed by atoms with van der Waals surface area (Å²) in [5.74, 6) is 0. The van der Waals surface area contributed by atoms with Gasteiger partial charge in [0.1, 0.15) is 0 Å². The van der Waals surface area contributed by atoms with Crippen molar-refractivity contribution in [1.82, 2.24) is 0 Å². The van der Waals surface area contributed by atoms with Gasteiger partial charge in [-0.3, -0.25) is 0 Å². The molecule has 0 radical (unpaired) electrons. The van der Waals surface area contributed by atoms with E-state index < -0.39 is 0 Å². The zero-order valence-electron chi connectivity index (χ0n) is 63.1. The Balaban J connectivity index is 1.30. The number of anilines is 12. The number of nitrogens with zero attached hydrogens (tertiary/aromatic N) is 6. The first kappa shape index (κ1) is 69.4. The summed E-state index contributed by atoms with van der Waals surface area (Å²) in [7, 11) is 0. The third-order valence-corrected chi connectivity index (χ3v) is 20.7. The van der Waals surface area contributed by atoms with Gasteiger partial charge in [-0.15, -0.1) is 0 Å². The molecule has 14 rings (SSSR count). The highest BCUT2D eigenvalue weighted by atomic mass is 15.2. The Kier molecular flexibility index (Phi) is 18.0. The van der Waals surface area contributed by atoms with Gasteiger partial charge in [0, 0.05) is 77.8 Å². The van der Waals surface area contributed by atoms with Crippen LogP contribution >= 0.6 is 0 Å². The maximum atomic E-state index is 10.6. The van der Waals surface area contributed by atoms with Crippen LogP contribution in [-0.2, 0) is 21.7 Å². The highest BCUT2D eigenvalue weighted by Gasteiger charge is 2.34. The summed E-state index contributed by atoms with van der Waals surface area (Å²) >= 11 is 0. The van der Waals surface area contributed by atoms with Gasteiger partial charge in [-0.1, -0.05) is 239 Å². The molecule has 0 spiro atoms. The number of rotatable bonds is 14. The van der Waals surface area contributed by atoms with Gasteiger partial charge in [0.25, 0.3) is 0 Å². The largest absolute Gasteiger partial charge is 0.310 e. The minimum Gasteiger partial charge on any atom is -0.310 e. The van der Waals surface area contributed by atoms with Gasteiger partial charge >= 0.3 is 0 Å². The third kappa shape index (κ3) is 13.3. The standard InChI is InChI=1S/C98H92N6/c1-63-18-42-75(43-19-63)101(79-50-32-70(33-51-79)95(5,6)7)87-61-90(104(78-48-24-66(4)25-49-78)82-56-38-73(39-57-82)98(14,15)16)92-84(69-30-40-74(100-17)41-31-69)59-86-88(102(76-44-20-64(2)21-45-76)80-52-34-71(35-53-80)96(8,9)10)60-89(91-83(58-85(87)94(92)93(86)91)68-28-26-67(62-99)27-29-68)103(77-46-22-65(3)23-47-77)81-54-36-72(37-55-81)97(11,12)13/h18-61H,1-16H3. The molecule has 0 aliphatic carbocycles. The van der Waals surface area contributed by atoms with Gasteiger partial charge in [-0.05, 0) is 227 Å². The fourth-order valence-electron chi connectivity index (χ4n) is 14.7. The van der Waals surface area contributed by atoms with Gasteiger partial charge in [0.15, 0.2) is 5.69 Å². The minimum absolute atomic E-state index is 0.110. The van der Waals surface area contributed by atoms with Crippen LogP contribution in [0.2, 0.25) is 0 Å². The van der Waals surface area contributed by atoms with Crippen molar-refractivity contribution >= 4 is 106 Å². The number of aryl methyl sites for hydroxylation is 4. The van der Waals surface area contributed by atoms with Crippen LogP contribution in [0.1, 0.15) is 133 Å². The lowest BCUT2D eigenvalue weighted by Crippen LogP contribution is -2.17. The first-order valence-corrected chi connectivity index (χ1v) is 36.4. The zero-order chi connectivity index (χ0) is 73.3. The fraction of sp³-hybridized carbons (Fsp3) is 0.204. The van der Waals surface area contributed by atoms with Gasteiger partial charge in [0.2, 0.25) is 0 Å². The zero-order valence-corrected chi connectivity index (χ0v) is 63.1. The van der Waals surface area contributed by atoms with Gasteiger partial charge < -0.3 is 19.6 Å². The van der Waals surface area contributed by atoms with Crippen LogP contribution in [0.15, 0.2) is 267 Å². The topological polar surface area (TPSA) is 41.1 Å². The molecule has 0 aromatic heterocycles. The maximum absolute atomic E-state index is 10.6. The van der Waals surface area contributed by atoms with Crippen molar-refractivity contribution < 1.29 is 0 Å². The summed E-state index contributed by atoms with van der Waals surface area (Å²) in [6.45, 7) is 44.4. The van der Waals surface area contributed by atoms with E-state index >= 15 is 0 Å². The molecule has 0 bridgehead atoms. The van der Waals surface area contributed by atoms with Gasteiger partial charge in [0.05, 0.1) is 41.0 Å². The lowest BCUT2D eigenvalue weighted by Gasteiger charge is -2.36. The van der Waals surface area contributed by atoms with E-state index in [1.165, 1.54) is 22.3 Å². The van der Waals surface area contributed by atoms with Crippen LogP contribution in [-0.4, -0.2) is 0 Å². The van der Waals surface area contributed by atoms with E-state index in [0.29, 0.717) is 11.3 Å². The van der Waals surface area contributed by atoms with Gasteiger partial charge in [-0.2, -0.15) is 5.26 Å². The minimum atomic E-state index is -0.112. The first-order valence-electron chi connectivity index (χ1n) is 36.4. The third-order valence-electron chi connectivity index (χ3n) is 20.7. The summed E-state index contributed by atoms with van der Waals surface area (Å²) < 4.78 is 0. The van der Waals surface area contributed by atoms with Crippen molar-refractivity contribution in [2.45, 2.75) is 132 Å². The van der Waals surface area contributed by atoms with Crippen molar-refractivity contribution in [3.63, 3.8) is 0 Å². The highest BCUT2D eigenvalue weighted by molar-refractivity contribution is 6.38. The second-order valence-corrected chi connectivity index (χ2v) is 32.5. The number of hydrogen-bond donors (Lipinski definition) is 0. The summed E-state index contributed by atoms with van der Waals surface area (Å²) in [4.78, 5) is 13.9. The molecular weight excluding hydrogens is 1260 g/mol. The molecule has 0 unspecified atom stereocenters. The maximum Gasteiger partial charge on any atom is 0.187 e. The number of hydrogen-bond acceptors (Lipinski definition) is 5. The Morgan fingerprint density at radius 3 is 0.740 bits per heavy atom. The second-order valence-electron chi connectivity index (χ2n) is 32.5. The summed E-state index contributed by atoms with van der Waals surface area (Å²) in [6, 6.07) is 102. The molecule has 0 atom stereocenters. The molecule has 0 saturated carbocycles. The van der Waals surface area contributed by atoms with Crippen molar-refractivity contribution in [1.29, 1.82) is 5.26 Å². The van der Waals surface area contributed by atoms with E-state index in [1.54, 1.807) is 0 Å². The molecule has 0 N–H and O–H groups in total. The monoisotopic (exact) mass is 1350 g/mol. The molecule has 14 aromatic carbocycles. The van der Waals surface area contributed by atoms with E-state index in [4.69, 9.17) is 6.57 Å². The van der Waals surface area contributed by atoms with E-state index in [1.807, 2.05) is 24.3 Å². The normalized spacial score (nSPS) is 12.0. The Labute approximate surface area is 616 Å². The number of nitriles is 1. The van der Waals surface area contributed by atoms with Crippen LogP contribution < -0.4 is 19.6 Å². The molecule has 0 saturated heterocycles. The van der Waals surface area contributed by atoms with Crippen molar-refractivity contribution in [3.05, 3.63) is 328 Å². The average Bonchev–Trinajstić information content (AvgIpc) is 0.685. The second kappa shape index (κ2) is 26.9. The van der Waals surface area contributed by atoms with Crippen molar-refractivity contribution in [3.8, 4) is 28.3 Å². The Bertz CT molecular complexity index is 5200. The predicted molar refractivity (Wildman–Crippen MR) is 444 cm³/mol. The fourth-order valence-corrected chi connectivity index (χ4v) is 14.7. The van der Waals surface area contributed by atoms with Crippen molar-refractivity contribution in [2.75, 3.05) is 19.6 Å². The molecule has 514 valence electrons. The van der Waals surface area contributed by atoms with Crippen LogP contribution in [0, 0.1) is 45.6 Å². The summed E-state index contributed by atoms with van der Waals surface area (Å²) in [5, 5.41) is 16.8. The average molecular weight is 1350 g/mol. The first-order chi connectivity index (χ1) is 49.6. The molecule has 0 fully saturated rings. The predicted octanol–water partition coefficient (Wildman–Crippen LogP) is 28.6. The molecule has 0 aliphatic rings. The van der Waals surface area contributed by atoms with Crippen molar-refractivity contribution in [2.24, 2.45) is 0 Å². The molecular formula is C98H92N6. The summed E-state index contributed by atoms with van der Waals surface area (Å²) in [6.07, 6.45) is 0. The summed E-state index contributed by atoms with van der Waals surface area (Å²) in [5.41, 5.74) is 26.1. The SMILES string of the molecule is [C-]#[N+]c1ccc(-c2cc3c(N(c4ccc(C)cc4)c4ccc(C(C)(C)C)cc4)cc(N(c4ccc(C)cc4)c4ccc(C(C)(C)C)cc4)c4c(-c5ccc(C#N)cc5)cc5c(N(c6ccc(C)cc6)c6ccc(C(C)(C)C)cc6)cc(N(c6ccc(C)cc6)c6ccc(C(C)(C)C)cc6)c2c5c34)cc1. The smallest absolute Gasteiger partial charge is 0.187 e. The Hall–Kier alpha value is -11.7. The molecule has 14 aromatic rings. The van der Waals surface area contributed by atoms with Gasteiger partial charge in [-0.25, -0.2) is 4.85 Å². The quantitative estimate of drug-likeness (QED) is 0.0802. The lowest BCUT2D eigenvalue weighted by molar-refractivity contribution is 0.590. The molecule has 6 nitrogen and oxygen atoms in total. The molecule has 6 heteroatoms. The van der Waals surface area contributed by atoms with E-state index in [-0.39, 0.29) is 21.7 Å².